The average Bonchev–Trinajstić information content (AvgIpc) is 2.79. The van der Waals surface area contributed by atoms with Crippen LogP contribution < -0.4 is 0 Å². The normalized spacial score (nSPS) is 22.3. The maximum absolute atomic E-state index is 11.4. The summed E-state index contributed by atoms with van der Waals surface area (Å²) in [6.45, 7) is 0. The van der Waals surface area contributed by atoms with Crippen molar-refractivity contribution in [2.24, 2.45) is 0 Å². The summed E-state index contributed by atoms with van der Waals surface area (Å²) in [6, 6.07) is 7.65. The molecular weight excluding hydrogens is 292 g/mol. The number of aromatic amines is 1. The van der Waals surface area contributed by atoms with Crippen molar-refractivity contribution in [2.75, 3.05) is 5.75 Å². The zero-order valence-electron chi connectivity index (χ0n) is 9.13. The second kappa shape index (κ2) is 4.29. The number of thioether (sulfide) groups is 1. The molecule has 1 aliphatic heterocycles. The van der Waals surface area contributed by atoms with Gasteiger partial charge in [-0.3, -0.25) is 0 Å². The van der Waals surface area contributed by atoms with E-state index in [0.29, 0.717) is 10.2 Å². The molecule has 1 aliphatic rings. The number of halogens is 1. The van der Waals surface area contributed by atoms with E-state index in [2.05, 4.69) is 9.97 Å². The number of benzene rings is 1. The highest BCUT2D eigenvalue weighted by Crippen LogP contribution is 2.34. The molecule has 1 aromatic heterocycles. The van der Waals surface area contributed by atoms with Crippen LogP contribution in [-0.4, -0.2) is 29.4 Å². The first kappa shape index (κ1) is 12.1. The Kier molecular flexibility index (Phi) is 2.88. The topological polar surface area (TPSA) is 62.8 Å². The van der Waals surface area contributed by atoms with E-state index < -0.39 is 9.84 Å². The van der Waals surface area contributed by atoms with Crippen LogP contribution in [0.5, 0.6) is 0 Å². The first-order valence-corrected chi connectivity index (χ1v) is 8.22. The van der Waals surface area contributed by atoms with Gasteiger partial charge in [0.2, 0.25) is 0 Å². The second-order valence-corrected chi connectivity index (χ2v) is 7.52. The Morgan fingerprint density at radius 1 is 1.39 bits per heavy atom. The lowest BCUT2D eigenvalue weighted by atomic mass is 10.3. The van der Waals surface area contributed by atoms with Crippen LogP contribution in [0.2, 0.25) is 0 Å². The monoisotopic (exact) mass is 300 g/mol. The van der Waals surface area contributed by atoms with Crippen LogP contribution in [-0.2, 0) is 9.84 Å². The molecule has 94 valence electrons. The van der Waals surface area contributed by atoms with Crippen LogP contribution in [0.4, 0.5) is 0 Å². The number of nitrogens with zero attached hydrogens (tertiary/aromatic N) is 1. The van der Waals surface area contributed by atoms with Gasteiger partial charge in [-0.2, -0.15) is 0 Å². The number of H-pyrrole nitrogens is 1. The second-order valence-electron chi connectivity index (χ2n) is 4.00. The summed E-state index contributed by atoms with van der Waals surface area (Å²) in [5.74, 6) is 0.0353. The number of imidazole rings is 1. The lowest BCUT2D eigenvalue weighted by Gasteiger charge is -2.05. The number of aromatic nitrogens is 2. The van der Waals surface area contributed by atoms with E-state index in [-0.39, 0.29) is 11.0 Å². The summed E-state index contributed by atoms with van der Waals surface area (Å²) in [4.78, 5) is 7.53. The summed E-state index contributed by atoms with van der Waals surface area (Å²) in [6.07, 6.45) is 0. The number of rotatable bonds is 2. The minimum absolute atomic E-state index is 0.0353. The molecule has 18 heavy (non-hydrogen) atoms. The molecule has 2 aromatic rings. The van der Waals surface area contributed by atoms with E-state index in [9.17, 15) is 8.42 Å². The van der Waals surface area contributed by atoms with Crippen LogP contribution in [0.25, 0.3) is 11.0 Å². The number of sulfone groups is 1. The van der Waals surface area contributed by atoms with E-state index in [1.165, 1.54) is 11.8 Å². The molecule has 0 radical (unpaired) electrons. The van der Waals surface area contributed by atoms with Crippen molar-refractivity contribution < 1.29 is 8.42 Å². The first-order chi connectivity index (χ1) is 8.53. The van der Waals surface area contributed by atoms with Gasteiger partial charge in [0.15, 0.2) is 15.0 Å². The maximum atomic E-state index is 11.4. The SMILES string of the molecule is O=S1(=O)C=C(Cl)C(Sc2nc3ccccc3[nH]2)C1. The van der Waals surface area contributed by atoms with E-state index >= 15 is 0 Å². The maximum Gasteiger partial charge on any atom is 0.174 e. The third-order valence-corrected chi connectivity index (χ3v) is 5.98. The third kappa shape index (κ3) is 2.28. The highest BCUT2D eigenvalue weighted by atomic mass is 35.5. The average molecular weight is 301 g/mol. The minimum atomic E-state index is -3.15. The van der Waals surface area contributed by atoms with Crippen molar-refractivity contribution in [2.45, 2.75) is 10.4 Å². The standard InChI is InChI=1S/C11H9ClN2O2S2/c12-7-5-18(15,16)6-10(7)17-11-13-8-3-1-2-4-9(8)14-11/h1-5,10H,6H2,(H,13,14). The van der Waals surface area contributed by atoms with Gasteiger partial charge in [-0.25, -0.2) is 13.4 Å². The fraction of sp³-hybridized carbons (Fsp3) is 0.182. The summed E-state index contributed by atoms with van der Waals surface area (Å²) in [7, 11) is -3.15. The van der Waals surface area contributed by atoms with E-state index in [4.69, 9.17) is 11.6 Å². The Balaban J connectivity index is 1.88. The zero-order chi connectivity index (χ0) is 12.8. The van der Waals surface area contributed by atoms with Gasteiger partial charge in [0.05, 0.1) is 22.0 Å². The van der Waals surface area contributed by atoms with E-state index in [0.717, 1.165) is 16.4 Å². The number of hydrogen-bond acceptors (Lipinski definition) is 4. The fourth-order valence-electron chi connectivity index (χ4n) is 1.80. The molecule has 0 saturated heterocycles. The van der Waals surface area contributed by atoms with Gasteiger partial charge in [-0.1, -0.05) is 35.5 Å². The molecule has 1 aromatic carbocycles. The largest absolute Gasteiger partial charge is 0.333 e. The molecule has 0 fully saturated rings. The Bertz CT molecular complexity index is 703. The smallest absolute Gasteiger partial charge is 0.174 e. The van der Waals surface area contributed by atoms with Gasteiger partial charge in [0.1, 0.15) is 0 Å². The van der Waals surface area contributed by atoms with Gasteiger partial charge in [0.25, 0.3) is 0 Å². The highest BCUT2D eigenvalue weighted by molar-refractivity contribution is 8.02. The quantitative estimate of drug-likeness (QED) is 0.926. The van der Waals surface area contributed by atoms with Crippen molar-refractivity contribution >= 4 is 44.2 Å². The van der Waals surface area contributed by atoms with Gasteiger partial charge in [0, 0.05) is 10.4 Å². The Morgan fingerprint density at radius 3 is 2.83 bits per heavy atom. The van der Waals surface area contributed by atoms with Gasteiger partial charge in [-0.05, 0) is 12.1 Å². The van der Waals surface area contributed by atoms with Crippen LogP contribution in [0, 0.1) is 0 Å². The van der Waals surface area contributed by atoms with Crippen LogP contribution >= 0.6 is 23.4 Å². The van der Waals surface area contributed by atoms with Crippen molar-refractivity contribution in [1.29, 1.82) is 0 Å². The molecule has 0 bridgehead atoms. The Hall–Kier alpha value is -0.980. The number of fused-ring (bicyclic) bond motifs is 1. The van der Waals surface area contributed by atoms with Crippen molar-refractivity contribution in [1.82, 2.24) is 9.97 Å². The lowest BCUT2D eigenvalue weighted by Crippen LogP contribution is -2.08. The summed E-state index contributed by atoms with van der Waals surface area (Å²) < 4.78 is 22.8. The Labute approximate surface area is 113 Å². The minimum Gasteiger partial charge on any atom is -0.333 e. The van der Waals surface area contributed by atoms with Gasteiger partial charge >= 0.3 is 0 Å². The summed E-state index contributed by atoms with van der Waals surface area (Å²) in [5.41, 5.74) is 1.79. The molecule has 0 spiro atoms. The molecule has 1 atom stereocenters. The van der Waals surface area contributed by atoms with E-state index in [1.54, 1.807) is 0 Å². The van der Waals surface area contributed by atoms with Gasteiger partial charge < -0.3 is 4.98 Å². The fourth-order valence-corrected chi connectivity index (χ4v) is 5.41. The van der Waals surface area contributed by atoms with Crippen molar-refractivity contribution in [3.8, 4) is 0 Å². The Morgan fingerprint density at radius 2 is 2.17 bits per heavy atom. The van der Waals surface area contributed by atoms with Crippen LogP contribution in [0.1, 0.15) is 0 Å². The zero-order valence-corrected chi connectivity index (χ0v) is 11.5. The van der Waals surface area contributed by atoms with Crippen molar-refractivity contribution in [3.63, 3.8) is 0 Å². The summed E-state index contributed by atoms with van der Waals surface area (Å²) in [5, 5.41) is 1.91. The van der Waals surface area contributed by atoms with Crippen LogP contribution in [0.3, 0.4) is 0 Å². The number of nitrogens with one attached hydrogen (secondary N) is 1. The molecule has 1 N–H and O–H groups in total. The molecule has 3 rings (SSSR count). The van der Waals surface area contributed by atoms with Crippen molar-refractivity contribution in [3.05, 3.63) is 34.7 Å². The molecule has 7 heteroatoms. The third-order valence-electron chi connectivity index (χ3n) is 2.60. The molecule has 4 nitrogen and oxygen atoms in total. The molecule has 2 heterocycles. The predicted octanol–water partition coefficient (Wildman–Crippen LogP) is 2.53. The molecule has 1 unspecified atom stereocenters. The van der Waals surface area contributed by atoms with Crippen LogP contribution in [0.15, 0.2) is 39.9 Å². The molecule has 0 amide bonds. The van der Waals surface area contributed by atoms with Gasteiger partial charge in [-0.15, -0.1) is 0 Å². The highest BCUT2D eigenvalue weighted by Gasteiger charge is 2.30. The molecular formula is C11H9ClN2O2S2. The summed E-state index contributed by atoms with van der Waals surface area (Å²) >= 11 is 7.27. The molecule has 0 saturated carbocycles. The lowest BCUT2D eigenvalue weighted by molar-refractivity contribution is 0.606. The van der Waals surface area contributed by atoms with E-state index in [1.807, 2.05) is 24.3 Å². The number of para-hydroxylation sites is 2. The predicted molar refractivity (Wildman–Crippen MR) is 73.5 cm³/mol. The number of hydrogen-bond donors (Lipinski definition) is 1. The first-order valence-electron chi connectivity index (χ1n) is 5.25. The molecule has 0 aliphatic carbocycles.